The quantitative estimate of drug-likeness (QED) is 0.774. The standard InChI is InChI=1S/C16H28N2O4/c1-4-6-14(19)17-8-5-7-13(10-17)16(22)18(9-12(2)3)11-15(20)21/h12-13H,4-11H2,1-3H3,(H,20,21). The van der Waals surface area contributed by atoms with Crippen molar-refractivity contribution < 1.29 is 19.5 Å². The highest BCUT2D eigenvalue weighted by molar-refractivity contribution is 5.84. The molecule has 6 nitrogen and oxygen atoms in total. The normalized spacial score (nSPS) is 18.4. The Balaban J connectivity index is 2.71. The number of aliphatic carboxylic acids is 1. The number of carbonyl (C=O) groups excluding carboxylic acids is 2. The van der Waals surface area contributed by atoms with Crippen molar-refractivity contribution in [3.8, 4) is 0 Å². The summed E-state index contributed by atoms with van der Waals surface area (Å²) in [4.78, 5) is 38.8. The number of carboxylic acid groups (broad SMARTS) is 1. The molecule has 126 valence electrons. The van der Waals surface area contributed by atoms with E-state index in [0.717, 1.165) is 19.3 Å². The van der Waals surface area contributed by atoms with Gasteiger partial charge in [-0.25, -0.2) is 0 Å². The summed E-state index contributed by atoms with van der Waals surface area (Å²) in [5.41, 5.74) is 0. The van der Waals surface area contributed by atoms with Gasteiger partial charge in [0.1, 0.15) is 6.54 Å². The highest BCUT2D eigenvalue weighted by Gasteiger charge is 2.31. The summed E-state index contributed by atoms with van der Waals surface area (Å²) in [5, 5.41) is 9.00. The third kappa shape index (κ3) is 5.66. The molecular formula is C16H28N2O4. The first-order chi connectivity index (χ1) is 10.3. The number of hydrogen-bond acceptors (Lipinski definition) is 3. The molecule has 1 heterocycles. The van der Waals surface area contributed by atoms with Gasteiger partial charge in [0.15, 0.2) is 0 Å². The Morgan fingerprint density at radius 1 is 1.32 bits per heavy atom. The van der Waals surface area contributed by atoms with Crippen molar-refractivity contribution in [2.24, 2.45) is 11.8 Å². The highest BCUT2D eigenvalue weighted by atomic mass is 16.4. The van der Waals surface area contributed by atoms with Crippen molar-refractivity contribution in [3.63, 3.8) is 0 Å². The molecule has 1 unspecified atom stereocenters. The molecule has 22 heavy (non-hydrogen) atoms. The number of amides is 2. The maximum atomic E-state index is 12.6. The van der Waals surface area contributed by atoms with Crippen LogP contribution in [0.25, 0.3) is 0 Å². The zero-order chi connectivity index (χ0) is 16.7. The Labute approximate surface area is 132 Å². The van der Waals surface area contributed by atoms with Crippen LogP contribution in [-0.2, 0) is 14.4 Å². The smallest absolute Gasteiger partial charge is 0.323 e. The fourth-order valence-corrected chi connectivity index (χ4v) is 2.87. The van der Waals surface area contributed by atoms with Gasteiger partial charge in [0.2, 0.25) is 11.8 Å². The van der Waals surface area contributed by atoms with E-state index in [9.17, 15) is 14.4 Å². The van der Waals surface area contributed by atoms with Crippen molar-refractivity contribution in [2.45, 2.75) is 46.5 Å². The van der Waals surface area contributed by atoms with Crippen molar-refractivity contribution in [1.82, 2.24) is 9.80 Å². The average molecular weight is 312 g/mol. The van der Waals surface area contributed by atoms with Gasteiger partial charge >= 0.3 is 5.97 Å². The molecule has 1 rings (SSSR count). The number of rotatable bonds is 7. The van der Waals surface area contributed by atoms with Crippen molar-refractivity contribution >= 4 is 17.8 Å². The minimum Gasteiger partial charge on any atom is -0.480 e. The molecule has 1 atom stereocenters. The summed E-state index contributed by atoms with van der Waals surface area (Å²) in [5.74, 6) is -1.10. The largest absolute Gasteiger partial charge is 0.480 e. The van der Waals surface area contributed by atoms with E-state index in [2.05, 4.69) is 0 Å². The number of carbonyl (C=O) groups is 3. The maximum absolute atomic E-state index is 12.6. The molecule has 1 saturated heterocycles. The first-order valence-electron chi connectivity index (χ1n) is 8.13. The van der Waals surface area contributed by atoms with Gasteiger partial charge in [0.05, 0.1) is 5.92 Å². The van der Waals surface area contributed by atoms with Crippen molar-refractivity contribution in [3.05, 3.63) is 0 Å². The van der Waals surface area contributed by atoms with Crippen molar-refractivity contribution in [2.75, 3.05) is 26.2 Å². The topological polar surface area (TPSA) is 77.9 Å². The molecule has 0 aromatic heterocycles. The minimum atomic E-state index is -0.997. The lowest BCUT2D eigenvalue weighted by Crippen LogP contribution is -2.48. The molecule has 0 spiro atoms. The first-order valence-corrected chi connectivity index (χ1v) is 8.13. The molecule has 1 aliphatic heterocycles. The van der Waals surface area contributed by atoms with Gasteiger partial charge in [-0.3, -0.25) is 14.4 Å². The summed E-state index contributed by atoms with van der Waals surface area (Å²) in [7, 11) is 0. The fourth-order valence-electron chi connectivity index (χ4n) is 2.87. The van der Waals surface area contributed by atoms with Gasteiger partial charge < -0.3 is 14.9 Å². The second-order valence-corrected chi connectivity index (χ2v) is 6.44. The van der Waals surface area contributed by atoms with Crippen LogP contribution in [0.2, 0.25) is 0 Å². The Kier molecular flexibility index (Phi) is 7.35. The third-order valence-electron chi connectivity index (χ3n) is 3.81. The van der Waals surface area contributed by atoms with E-state index in [1.165, 1.54) is 4.90 Å². The third-order valence-corrected chi connectivity index (χ3v) is 3.81. The molecule has 0 aromatic rings. The summed E-state index contributed by atoms with van der Waals surface area (Å²) in [6.45, 7) is 7.17. The van der Waals surface area contributed by atoms with E-state index < -0.39 is 5.97 Å². The molecule has 0 saturated carbocycles. The van der Waals surface area contributed by atoms with Gasteiger partial charge in [-0.05, 0) is 25.2 Å². The van der Waals surface area contributed by atoms with E-state index in [1.54, 1.807) is 4.90 Å². The second-order valence-electron chi connectivity index (χ2n) is 6.44. The predicted molar refractivity (Wildman–Crippen MR) is 83.3 cm³/mol. The number of piperidine rings is 1. The summed E-state index contributed by atoms with van der Waals surface area (Å²) in [6.07, 6.45) is 2.83. The Morgan fingerprint density at radius 3 is 2.55 bits per heavy atom. The lowest BCUT2D eigenvalue weighted by Gasteiger charge is -2.35. The van der Waals surface area contributed by atoms with E-state index in [-0.39, 0.29) is 30.2 Å². The molecular weight excluding hydrogens is 284 g/mol. The van der Waals surface area contributed by atoms with E-state index in [0.29, 0.717) is 26.1 Å². The predicted octanol–water partition coefficient (Wildman–Crippen LogP) is 1.59. The molecule has 1 aliphatic rings. The lowest BCUT2D eigenvalue weighted by molar-refractivity contribution is -0.148. The Morgan fingerprint density at radius 2 is 2.00 bits per heavy atom. The Hall–Kier alpha value is -1.59. The van der Waals surface area contributed by atoms with Gasteiger partial charge in [-0.15, -0.1) is 0 Å². The zero-order valence-electron chi connectivity index (χ0n) is 13.9. The minimum absolute atomic E-state index is 0.0913. The van der Waals surface area contributed by atoms with E-state index in [4.69, 9.17) is 5.11 Å². The molecule has 1 fully saturated rings. The fraction of sp³-hybridized carbons (Fsp3) is 0.812. The summed E-state index contributed by atoms with van der Waals surface area (Å²) < 4.78 is 0. The van der Waals surface area contributed by atoms with Crippen molar-refractivity contribution in [1.29, 1.82) is 0 Å². The molecule has 0 aromatic carbocycles. The summed E-state index contributed by atoms with van der Waals surface area (Å²) >= 11 is 0. The van der Waals surface area contributed by atoms with Crippen LogP contribution < -0.4 is 0 Å². The maximum Gasteiger partial charge on any atom is 0.323 e. The first kappa shape index (κ1) is 18.5. The number of likely N-dealkylation sites (tertiary alicyclic amines) is 1. The lowest BCUT2D eigenvalue weighted by atomic mass is 9.95. The molecule has 1 N–H and O–H groups in total. The van der Waals surface area contributed by atoms with Crippen LogP contribution in [0.5, 0.6) is 0 Å². The second kappa shape index (κ2) is 8.76. The SMILES string of the molecule is CCCC(=O)N1CCCC(C(=O)N(CC(=O)O)CC(C)C)C1. The van der Waals surface area contributed by atoms with Crippen LogP contribution in [0, 0.1) is 11.8 Å². The van der Waals surface area contributed by atoms with Crippen LogP contribution in [0.15, 0.2) is 0 Å². The number of carboxylic acids is 1. The molecule has 0 bridgehead atoms. The average Bonchev–Trinajstić information content (AvgIpc) is 2.45. The molecule has 0 radical (unpaired) electrons. The molecule has 6 heteroatoms. The van der Waals surface area contributed by atoms with Gasteiger partial charge in [0, 0.05) is 26.1 Å². The van der Waals surface area contributed by atoms with Crippen LogP contribution in [-0.4, -0.2) is 58.9 Å². The number of hydrogen-bond donors (Lipinski definition) is 1. The van der Waals surface area contributed by atoms with E-state index in [1.807, 2.05) is 20.8 Å². The monoisotopic (exact) mass is 312 g/mol. The zero-order valence-corrected chi connectivity index (χ0v) is 13.9. The summed E-state index contributed by atoms with van der Waals surface area (Å²) in [6, 6.07) is 0. The molecule has 2 amide bonds. The van der Waals surface area contributed by atoms with Gasteiger partial charge in [0.25, 0.3) is 0 Å². The van der Waals surface area contributed by atoms with Crippen LogP contribution in [0.4, 0.5) is 0 Å². The highest BCUT2D eigenvalue weighted by Crippen LogP contribution is 2.20. The van der Waals surface area contributed by atoms with E-state index >= 15 is 0 Å². The number of nitrogens with zero attached hydrogens (tertiary/aromatic N) is 2. The molecule has 0 aliphatic carbocycles. The van der Waals surface area contributed by atoms with Gasteiger partial charge in [-0.1, -0.05) is 20.8 Å². The van der Waals surface area contributed by atoms with Crippen LogP contribution >= 0.6 is 0 Å². The Bertz CT molecular complexity index is 409. The van der Waals surface area contributed by atoms with Crippen LogP contribution in [0.3, 0.4) is 0 Å². The van der Waals surface area contributed by atoms with Crippen LogP contribution in [0.1, 0.15) is 46.5 Å². The van der Waals surface area contributed by atoms with Gasteiger partial charge in [-0.2, -0.15) is 0 Å².